The summed E-state index contributed by atoms with van der Waals surface area (Å²) in [6, 6.07) is 11.4. The predicted octanol–water partition coefficient (Wildman–Crippen LogP) is 3.12. The van der Waals surface area contributed by atoms with Gasteiger partial charge in [-0.2, -0.15) is 0 Å². The predicted molar refractivity (Wildman–Crippen MR) is 83.9 cm³/mol. The lowest BCUT2D eigenvalue weighted by atomic mass is 10.1. The van der Waals surface area contributed by atoms with E-state index in [1.54, 1.807) is 0 Å². The van der Waals surface area contributed by atoms with Gasteiger partial charge < -0.3 is 10.3 Å². The molecule has 1 saturated carbocycles. The molecule has 1 aliphatic heterocycles. The Hall–Kier alpha value is -2.31. The van der Waals surface area contributed by atoms with Crippen LogP contribution in [0.2, 0.25) is 0 Å². The van der Waals surface area contributed by atoms with Gasteiger partial charge in [0.15, 0.2) is 0 Å². The van der Waals surface area contributed by atoms with Crippen molar-refractivity contribution in [2.45, 2.75) is 24.9 Å². The van der Waals surface area contributed by atoms with Crippen LogP contribution in [0.1, 0.15) is 30.3 Å². The van der Waals surface area contributed by atoms with Crippen molar-refractivity contribution in [2.24, 2.45) is 5.92 Å². The zero-order chi connectivity index (χ0) is 14.0. The lowest BCUT2D eigenvalue weighted by molar-refractivity contribution is 0.544. The number of hydrogen-bond acceptors (Lipinski definition) is 2. The Morgan fingerprint density at radius 2 is 2.14 bits per heavy atom. The van der Waals surface area contributed by atoms with Crippen molar-refractivity contribution in [3.05, 3.63) is 41.7 Å². The largest absolute Gasteiger partial charge is 0.340 e. The number of terminal acetylenes is 1. The molecule has 3 nitrogen and oxygen atoms in total. The van der Waals surface area contributed by atoms with Crippen LogP contribution in [0.5, 0.6) is 0 Å². The lowest BCUT2D eigenvalue weighted by Gasteiger charge is -2.08. The van der Waals surface area contributed by atoms with E-state index in [9.17, 15) is 0 Å². The second kappa shape index (κ2) is 3.87. The molecule has 0 unspecified atom stereocenters. The minimum absolute atomic E-state index is 0.390. The number of nitrogens with one attached hydrogen (secondary N) is 2. The molecule has 2 aliphatic rings. The normalized spacial score (nSPS) is 26.9. The summed E-state index contributed by atoms with van der Waals surface area (Å²) < 4.78 is 0. The van der Waals surface area contributed by atoms with Crippen LogP contribution in [-0.4, -0.2) is 16.0 Å². The molecule has 1 aliphatic carbocycles. The molecule has 0 radical (unpaired) electrons. The van der Waals surface area contributed by atoms with Crippen molar-refractivity contribution in [2.75, 3.05) is 0 Å². The summed E-state index contributed by atoms with van der Waals surface area (Å²) >= 11 is 0. The van der Waals surface area contributed by atoms with Crippen LogP contribution in [0.25, 0.3) is 21.8 Å². The van der Waals surface area contributed by atoms with Crippen LogP contribution in [0.4, 0.5) is 0 Å². The maximum Gasteiger partial charge on any atom is 0.124 e. The van der Waals surface area contributed by atoms with Gasteiger partial charge in [-0.15, -0.1) is 6.42 Å². The highest BCUT2D eigenvalue weighted by Crippen LogP contribution is 2.45. The van der Waals surface area contributed by atoms with E-state index in [1.807, 2.05) is 6.07 Å². The first-order valence-corrected chi connectivity index (χ1v) is 7.47. The maximum absolute atomic E-state index is 5.48. The molecular formula is C18H15N3. The third kappa shape index (κ3) is 1.63. The Labute approximate surface area is 122 Å². The molecule has 5 rings (SSSR count). The minimum Gasteiger partial charge on any atom is -0.340 e. The summed E-state index contributed by atoms with van der Waals surface area (Å²) in [7, 11) is 0. The van der Waals surface area contributed by atoms with Gasteiger partial charge in [0.1, 0.15) is 5.82 Å². The van der Waals surface area contributed by atoms with Crippen LogP contribution in [0.3, 0.4) is 0 Å². The number of aromatic amines is 1. The molecular weight excluding hydrogens is 258 g/mol. The van der Waals surface area contributed by atoms with Crippen molar-refractivity contribution < 1.29 is 0 Å². The molecule has 2 aromatic carbocycles. The lowest BCUT2D eigenvalue weighted by Crippen LogP contribution is -2.18. The summed E-state index contributed by atoms with van der Waals surface area (Å²) in [5, 5.41) is 6.00. The van der Waals surface area contributed by atoms with E-state index in [2.05, 4.69) is 40.5 Å². The SMILES string of the molecule is C#Cc1ccc2c(ccc3nc([C@@H]4C[C@H]5C[C@H]5N4)[nH]c32)c1. The number of aromatic nitrogens is 2. The quantitative estimate of drug-likeness (QED) is 0.669. The van der Waals surface area contributed by atoms with Crippen LogP contribution in [-0.2, 0) is 0 Å². The fraction of sp³-hybridized carbons (Fsp3) is 0.278. The zero-order valence-corrected chi connectivity index (χ0v) is 11.6. The molecule has 1 saturated heterocycles. The summed E-state index contributed by atoms with van der Waals surface area (Å²) in [6.07, 6.45) is 8.03. The molecule has 3 aromatic rings. The van der Waals surface area contributed by atoms with Crippen molar-refractivity contribution in [3.8, 4) is 12.3 Å². The molecule has 21 heavy (non-hydrogen) atoms. The number of imidazole rings is 1. The first-order chi connectivity index (χ1) is 10.3. The molecule has 0 amide bonds. The van der Waals surface area contributed by atoms with E-state index in [-0.39, 0.29) is 0 Å². The van der Waals surface area contributed by atoms with Gasteiger partial charge in [-0.1, -0.05) is 18.1 Å². The molecule has 0 spiro atoms. The van der Waals surface area contributed by atoms with E-state index in [1.165, 1.54) is 18.2 Å². The first kappa shape index (κ1) is 11.4. The average molecular weight is 273 g/mol. The van der Waals surface area contributed by atoms with E-state index >= 15 is 0 Å². The van der Waals surface area contributed by atoms with Crippen LogP contribution in [0, 0.1) is 18.3 Å². The molecule has 3 atom stereocenters. The van der Waals surface area contributed by atoms with Gasteiger partial charge in [0.05, 0.1) is 17.1 Å². The first-order valence-electron chi connectivity index (χ1n) is 7.47. The molecule has 1 aromatic heterocycles. The van der Waals surface area contributed by atoms with Crippen LogP contribution < -0.4 is 5.32 Å². The highest BCUT2D eigenvalue weighted by atomic mass is 15.1. The number of piperidine rings is 1. The second-order valence-corrected chi connectivity index (χ2v) is 6.22. The molecule has 102 valence electrons. The Bertz CT molecular complexity index is 905. The van der Waals surface area contributed by atoms with E-state index in [4.69, 9.17) is 11.4 Å². The van der Waals surface area contributed by atoms with Crippen molar-refractivity contribution in [1.82, 2.24) is 15.3 Å². The topological polar surface area (TPSA) is 40.7 Å². The third-order valence-electron chi connectivity index (χ3n) is 4.86. The number of hydrogen-bond donors (Lipinski definition) is 2. The second-order valence-electron chi connectivity index (χ2n) is 6.22. The molecule has 0 bridgehead atoms. The highest BCUT2D eigenvalue weighted by molar-refractivity contribution is 6.04. The highest BCUT2D eigenvalue weighted by Gasteiger charge is 2.46. The van der Waals surface area contributed by atoms with Crippen molar-refractivity contribution >= 4 is 21.8 Å². The van der Waals surface area contributed by atoms with Gasteiger partial charge in [0.2, 0.25) is 0 Å². The Balaban J connectivity index is 1.67. The fourth-order valence-corrected chi connectivity index (χ4v) is 3.62. The van der Waals surface area contributed by atoms with E-state index in [0.29, 0.717) is 6.04 Å². The number of nitrogens with zero attached hydrogens (tertiary/aromatic N) is 1. The van der Waals surface area contributed by atoms with Crippen LogP contribution in [0.15, 0.2) is 30.3 Å². The van der Waals surface area contributed by atoms with Gasteiger partial charge in [-0.3, -0.25) is 0 Å². The average Bonchev–Trinajstić information content (AvgIpc) is 2.96. The van der Waals surface area contributed by atoms with Crippen molar-refractivity contribution in [1.29, 1.82) is 0 Å². The summed E-state index contributed by atoms with van der Waals surface area (Å²) in [5.41, 5.74) is 3.07. The standard InChI is InChI=1S/C18H15N3/c1-2-10-3-5-13-11(7-10)4-6-14-17(13)21-18(20-14)16-9-12-8-15(12)19-16/h1,3-7,12,15-16,19H,8-9H2,(H,20,21)/t12-,15-,16+/m1/s1. The Morgan fingerprint density at radius 1 is 1.19 bits per heavy atom. The smallest absolute Gasteiger partial charge is 0.124 e. The fourth-order valence-electron chi connectivity index (χ4n) is 3.62. The van der Waals surface area contributed by atoms with Crippen molar-refractivity contribution in [3.63, 3.8) is 0 Å². The van der Waals surface area contributed by atoms with Crippen LogP contribution >= 0.6 is 0 Å². The molecule has 2 N–H and O–H groups in total. The summed E-state index contributed by atoms with van der Waals surface area (Å²) in [4.78, 5) is 8.32. The Kier molecular flexibility index (Phi) is 2.09. The van der Waals surface area contributed by atoms with Gasteiger partial charge in [0, 0.05) is 17.0 Å². The zero-order valence-electron chi connectivity index (χ0n) is 11.6. The van der Waals surface area contributed by atoms with E-state index in [0.717, 1.165) is 39.8 Å². The van der Waals surface area contributed by atoms with E-state index < -0.39 is 0 Å². The van der Waals surface area contributed by atoms with Gasteiger partial charge in [-0.25, -0.2) is 4.98 Å². The minimum atomic E-state index is 0.390. The number of benzene rings is 2. The monoisotopic (exact) mass is 273 g/mol. The molecule has 2 fully saturated rings. The number of fused-ring (bicyclic) bond motifs is 4. The maximum atomic E-state index is 5.48. The number of H-pyrrole nitrogens is 1. The Morgan fingerprint density at radius 3 is 2.95 bits per heavy atom. The van der Waals surface area contributed by atoms with Gasteiger partial charge >= 0.3 is 0 Å². The molecule has 3 heteroatoms. The molecule has 2 heterocycles. The third-order valence-corrected chi connectivity index (χ3v) is 4.86. The number of rotatable bonds is 1. The summed E-state index contributed by atoms with van der Waals surface area (Å²) in [5.74, 6) is 4.64. The summed E-state index contributed by atoms with van der Waals surface area (Å²) in [6.45, 7) is 0. The van der Waals surface area contributed by atoms with Gasteiger partial charge in [-0.05, 0) is 42.3 Å². The van der Waals surface area contributed by atoms with Gasteiger partial charge in [0.25, 0.3) is 0 Å².